The summed E-state index contributed by atoms with van der Waals surface area (Å²) in [5.41, 5.74) is 3.85. The second-order valence-electron chi connectivity index (χ2n) is 5.75. The standard InChI is InChI=1S/C19H19ClN4O2/c1-12-18(20)13(2)24(23-12)16-9-7-14(8-10-16)21-19(25)22-15-5-4-6-17(11-15)26-3/h4-11H,1-3H3,(H2,21,22,25). The van der Waals surface area contributed by atoms with E-state index in [1.165, 1.54) is 0 Å². The van der Waals surface area contributed by atoms with Crippen LogP contribution in [0.4, 0.5) is 16.2 Å². The largest absolute Gasteiger partial charge is 0.497 e. The minimum atomic E-state index is -0.333. The van der Waals surface area contributed by atoms with Gasteiger partial charge in [-0.15, -0.1) is 0 Å². The van der Waals surface area contributed by atoms with Crippen molar-refractivity contribution in [1.29, 1.82) is 0 Å². The van der Waals surface area contributed by atoms with Gasteiger partial charge >= 0.3 is 6.03 Å². The molecule has 2 amide bonds. The monoisotopic (exact) mass is 370 g/mol. The lowest BCUT2D eigenvalue weighted by atomic mass is 10.2. The Bertz CT molecular complexity index is 935. The number of hydrogen-bond donors (Lipinski definition) is 2. The van der Waals surface area contributed by atoms with E-state index in [2.05, 4.69) is 15.7 Å². The third-order valence-electron chi connectivity index (χ3n) is 3.90. The average molecular weight is 371 g/mol. The fourth-order valence-electron chi connectivity index (χ4n) is 2.56. The fraction of sp³-hybridized carbons (Fsp3) is 0.158. The number of halogens is 1. The molecule has 1 aromatic heterocycles. The number of amides is 2. The van der Waals surface area contributed by atoms with E-state index in [1.807, 2.05) is 50.2 Å². The molecular weight excluding hydrogens is 352 g/mol. The van der Waals surface area contributed by atoms with E-state index in [4.69, 9.17) is 16.3 Å². The molecule has 0 unspecified atom stereocenters. The minimum absolute atomic E-state index is 0.333. The zero-order valence-corrected chi connectivity index (χ0v) is 15.5. The van der Waals surface area contributed by atoms with Crippen molar-refractivity contribution in [3.8, 4) is 11.4 Å². The first-order chi connectivity index (χ1) is 12.5. The molecule has 7 heteroatoms. The van der Waals surface area contributed by atoms with Gasteiger partial charge in [-0.05, 0) is 50.2 Å². The number of anilines is 2. The Kier molecular flexibility index (Phi) is 5.14. The Morgan fingerprint density at radius 1 is 1.08 bits per heavy atom. The molecule has 0 radical (unpaired) electrons. The van der Waals surface area contributed by atoms with Crippen molar-refractivity contribution in [2.75, 3.05) is 17.7 Å². The number of benzene rings is 2. The SMILES string of the molecule is COc1cccc(NC(=O)Nc2ccc(-n3nc(C)c(Cl)c3C)cc2)c1. The maximum absolute atomic E-state index is 12.1. The Morgan fingerprint density at radius 2 is 1.77 bits per heavy atom. The van der Waals surface area contributed by atoms with E-state index in [1.54, 1.807) is 23.9 Å². The summed E-state index contributed by atoms with van der Waals surface area (Å²) in [6.07, 6.45) is 0. The molecule has 0 aliphatic heterocycles. The van der Waals surface area contributed by atoms with E-state index in [-0.39, 0.29) is 6.03 Å². The van der Waals surface area contributed by atoms with Gasteiger partial charge in [-0.2, -0.15) is 5.10 Å². The van der Waals surface area contributed by atoms with Crippen LogP contribution in [-0.4, -0.2) is 22.9 Å². The lowest BCUT2D eigenvalue weighted by molar-refractivity contribution is 0.262. The number of carbonyl (C=O) groups is 1. The van der Waals surface area contributed by atoms with Crippen LogP contribution >= 0.6 is 11.6 Å². The Labute approximate surface area is 156 Å². The average Bonchev–Trinajstić information content (AvgIpc) is 2.90. The summed E-state index contributed by atoms with van der Waals surface area (Å²) < 4.78 is 6.92. The van der Waals surface area contributed by atoms with E-state index in [9.17, 15) is 4.79 Å². The Morgan fingerprint density at radius 3 is 2.38 bits per heavy atom. The molecule has 3 rings (SSSR count). The second kappa shape index (κ2) is 7.49. The number of aromatic nitrogens is 2. The third-order valence-corrected chi connectivity index (χ3v) is 4.45. The highest BCUT2D eigenvalue weighted by Crippen LogP contribution is 2.23. The summed E-state index contributed by atoms with van der Waals surface area (Å²) in [5.74, 6) is 0.677. The van der Waals surface area contributed by atoms with Gasteiger partial charge in [0.05, 0.1) is 29.2 Å². The van der Waals surface area contributed by atoms with Crippen LogP contribution in [0.2, 0.25) is 5.02 Å². The summed E-state index contributed by atoms with van der Waals surface area (Å²) in [7, 11) is 1.58. The van der Waals surface area contributed by atoms with Gasteiger partial charge in [-0.25, -0.2) is 9.48 Å². The first-order valence-electron chi connectivity index (χ1n) is 8.02. The summed E-state index contributed by atoms with van der Waals surface area (Å²) in [6.45, 7) is 3.78. The molecule has 0 saturated carbocycles. The van der Waals surface area contributed by atoms with Gasteiger partial charge in [-0.3, -0.25) is 0 Å². The third kappa shape index (κ3) is 3.81. The number of carbonyl (C=O) groups excluding carboxylic acids is 1. The van der Waals surface area contributed by atoms with Crippen molar-refractivity contribution in [2.24, 2.45) is 0 Å². The number of urea groups is 1. The topological polar surface area (TPSA) is 68.2 Å². The Hall–Kier alpha value is -2.99. The maximum Gasteiger partial charge on any atom is 0.323 e. The first kappa shape index (κ1) is 17.8. The van der Waals surface area contributed by atoms with E-state index >= 15 is 0 Å². The van der Waals surface area contributed by atoms with Gasteiger partial charge in [0, 0.05) is 17.4 Å². The van der Waals surface area contributed by atoms with Crippen LogP contribution in [0.15, 0.2) is 48.5 Å². The molecule has 0 spiro atoms. The lowest BCUT2D eigenvalue weighted by Gasteiger charge is -2.10. The molecule has 6 nitrogen and oxygen atoms in total. The van der Waals surface area contributed by atoms with Crippen LogP contribution in [0.1, 0.15) is 11.4 Å². The van der Waals surface area contributed by atoms with Gasteiger partial charge in [-0.1, -0.05) is 17.7 Å². The summed E-state index contributed by atoms with van der Waals surface area (Å²) >= 11 is 6.19. The van der Waals surface area contributed by atoms with E-state index in [0.29, 0.717) is 22.1 Å². The highest BCUT2D eigenvalue weighted by molar-refractivity contribution is 6.31. The molecular formula is C19H19ClN4O2. The molecule has 0 bridgehead atoms. The summed E-state index contributed by atoms with van der Waals surface area (Å²) in [4.78, 5) is 12.1. The first-order valence-corrected chi connectivity index (χ1v) is 8.40. The smallest absolute Gasteiger partial charge is 0.323 e. The number of aryl methyl sites for hydroxylation is 1. The predicted molar refractivity (Wildman–Crippen MR) is 104 cm³/mol. The van der Waals surface area contributed by atoms with Crippen molar-refractivity contribution in [2.45, 2.75) is 13.8 Å². The number of methoxy groups -OCH3 is 1. The molecule has 2 aromatic carbocycles. The number of ether oxygens (including phenoxy) is 1. The van der Waals surface area contributed by atoms with Gasteiger partial charge in [0.2, 0.25) is 0 Å². The molecule has 26 heavy (non-hydrogen) atoms. The fourth-order valence-corrected chi connectivity index (χ4v) is 2.67. The second-order valence-corrected chi connectivity index (χ2v) is 6.13. The van der Waals surface area contributed by atoms with Crippen LogP contribution in [0.5, 0.6) is 5.75 Å². The van der Waals surface area contributed by atoms with Crippen molar-refractivity contribution in [1.82, 2.24) is 9.78 Å². The molecule has 0 aliphatic carbocycles. The van der Waals surface area contributed by atoms with Crippen LogP contribution in [0, 0.1) is 13.8 Å². The molecule has 134 valence electrons. The maximum atomic E-state index is 12.1. The number of rotatable bonds is 4. The van der Waals surface area contributed by atoms with Crippen LogP contribution in [0.3, 0.4) is 0 Å². The molecule has 1 heterocycles. The zero-order valence-electron chi connectivity index (χ0n) is 14.7. The quantitative estimate of drug-likeness (QED) is 0.693. The van der Waals surface area contributed by atoms with Gasteiger partial charge < -0.3 is 15.4 Å². The number of hydrogen-bond acceptors (Lipinski definition) is 3. The molecule has 3 aromatic rings. The number of nitrogens with one attached hydrogen (secondary N) is 2. The van der Waals surface area contributed by atoms with Gasteiger partial charge in [0.1, 0.15) is 5.75 Å². The molecule has 0 saturated heterocycles. The predicted octanol–water partition coefficient (Wildman–Crippen LogP) is 4.80. The highest BCUT2D eigenvalue weighted by atomic mass is 35.5. The van der Waals surface area contributed by atoms with Gasteiger partial charge in [0.25, 0.3) is 0 Å². The number of nitrogens with zero attached hydrogens (tertiary/aromatic N) is 2. The van der Waals surface area contributed by atoms with Gasteiger partial charge in [0.15, 0.2) is 0 Å². The zero-order chi connectivity index (χ0) is 18.7. The minimum Gasteiger partial charge on any atom is -0.497 e. The van der Waals surface area contributed by atoms with Crippen LogP contribution in [-0.2, 0) is 0 Å². The summed E-state index contributed by atoms with van der Waals surface area (Å²) in [5, 5.41) is 10.6. The molecule has 2 N–H and O–H groups in total. The van der Waals surface area contributed by atoms with Crippen LogP contribution < -0.4 is 15.4 Å². The molecule has 0 fully saturated rings. The highest BCUT2D eigenvalue weighted by Gasteiger charge is 2.11. The van der Waals surface area contributed by atoms with Crippen molar-refractivity contribution >= 4 is 29.0 Å². The van der Waals surface area contributed by atoms with Crippen molar-refractivity contribution < 1.29 is 9.53 Å². The lowest BCUT2D eigenvalue weighted by Crippen LogP contribution is -2.19. The molecule has 0 atom stereocenters. The Balaban J connectivity index is 1.68. The van der Waals surface area contributed by atoms with Crippen molar-refractivity contribution in [3.05, 3.63) is 64.9 Å². The van der Waals surface area contributed by atoms with Crippen LogP contribution in [0.25, 0.3) is 5.69 Å². The van der Waals surface area contributed by atoms with E-state index in [0.717, 1.165) is 17.1 Å². The summed E-state index contributed by atoms with van der Waals surface area (Å²) in [6, 6.07) is 14.2. The van der Waals surface area contributed by atoms with E-state index < -0.39 is 0 Å². The molecule has 0 aliphatic rings. The normalized spacial score (nSPS) is 10.5. The van der Waals surface area contributed by atoms with Crippen molar-refractivity contribution in [3.63, 3.8) is 0 Å².